The van der Waals surface area contributed by atoms with Crippen molar-refractivity contribution in [3.8, 4) is 17.2 Å². The lowest BCUT2D eigenvalue weighted by Gasteiger charge is -2.06. The minimum absolute atomic E-state index is 0.618. The van der Waals surface area contributed by atoms with Crippen LogP contribution in [0, 0.1) is 11.3 Å². The average molecular weight is 402 g/mol. The Hall–Kier alpha value is -3.21. The number of nitriles is 1. The van der Waals surface area contributed by atoms with Gasteiger partial charge in [-0.05, 0) is 53.3 Å². The highest BCUT2D eigenvalue weighted by Crippen LogP contribution is 2.32. The van der Waals surface area contributed by atoms with Gasteiger partial charge in [-0.2, -0.15) is 5.26 Å². The molecule has 0 bridgehead atoms. The number of H-pyrrole nitrogens is 1. The lowest BCUT2D eigenvalue weighted by molar-refractivity contribution is 1.11. The number of aromatic nitrogens is 3. The van der Waals surface area contributed by atoms with Crippen LogP contribution in [0.25, 0.3) is 22.3 Å². The highest BCUT2D eigenvalue weighted by Gasteiger charge is 2.11. The predicted octanol–water partition coefficient (Wildman–Crippen LogP) is 5.85. The number of hydrogen-bond acceptors (Lipinski definition) is 6. The Morgan fingerprint density at radius 3 is 2.93 bits per heavy atom. The largest absolute Gasteiger partial charge is 0.344 e. The molecule has 2 aromatic carbocycles. The second kappa shape index (κ2) is 8.21. The topological polar surface area (TPSA) is 77.4 Å². The highest BCUT2D eigenvalue weighted by atomic mass is 32.2. The fourth-order valence-electron chi connectivity index (χ4n) is 2.75. The van der Waals surface area contributed by atoms with Gasteiger partial charge in [-0.3, -0.25) is 0 Å². The molecule has 0 radical (unpaired) electrons. The van der Waals surface area contributed by atoms with E-state index >= 15 is 0 Å². The van der Waals surface area contributed by atoms with Crippen molar-refractivity contribution in [2.45, 2.75) is 9.92 Å². The molecule has 4 rings (SSSR count). The summed E-state index contributed by atoms with van der Waals surface area (Å²) in [5.41, 5.74) is 5.00. The maximum absolute atomic E-state index is 9.16. The Kier molecular flexibility index (Phi) is 5.33. The van der Waals surface area contributed by atoms with Gasteiger partial charge < -0.3 is 9.71 Å². The lowest BCUT2D eigenvalue weighted by atomic mass is 10.1. The van der Waals surface area contributed by atoms with Crippen LogP contribution in [0.2, 0.25) is 0 Å². The molecule has 28 heavy (non-hydrogen) atoms. The van der Waals surface area contributed by atoms with E-state index in [0.717, 1.165) is 37.9 Å². The molecule has 2 heterocycles. The van der Waals surface area contributed by atoms with E-state index < -0.39 is 0 Å². The molecule has 0 atom stereocenters. The van der Waals surface area contributed by atoms with Crippen molar-refractivity contribution in [3.63, 3.8) is 0 Å². The number of aromatic amines is 1. The smallest absolute Gasteiger partial charge is 0.156 e. The molecule has 0 aliphatic carbocycles. The molecule has 0 amide bonds. The number of hydrogen-bond donors (Lipinski definition) is 2. The Balaban J connectivity index is 1.66. The Labute approximate surface area is 171 Å². The SMILES string of the molecule is C=CSNc1cccc(Sc2cnc3[nH]cc(-c4cccc(C#N)c4)c3n2)c1. The quantitative estimate of drug-likeness (QED) is 0.395. The summed E-state index contributed by atoms with van der Waals surface area (Å²) in [7, 11) is 0. The molecule has 0 aliphatic rings. The van der Waals surface area contributed by atoms with Gasteiger partial charge in [0.2, 0.25) is 0 Å². The summed E-state index contributed by atoms with van der Waals surface area (Å²) in [6, 6.07) is 17.8. The van der Waals surface area contributed by atoms with Gasteiger partial charge in [0.25, 0.3) is 0 Å². The minimum Gasteiger partial charge on any atom is -0.344 e. The van der Waals surface area contributed by atoms with Crippen LogP contribution in [-0.4, -0.2) is 15.0 Å². The molecule has 0 saturated heterocycles. The van der Waals surface area contributed by atoms with Crippen molar-refractivity contribution in [3.05, 3.63) is 78.5 Å². The summed E-state index contributed by atoms with van der Waals surface area (Å²) in [6.07, 6.45) is 3.64. The molecule has 0 unspecified atom stereocenters. The van der Waals surface area contributed by atoms with E-state index in [4.69, 9.17) is 10.2 Å². The molecule has 5 nitrogen and oxygen atoms in total. The molecule has 2 N–H and O–H groups in total. The zero-order valence-electron chi connectivity index (χ0n) is 14.7. The van der Waals surface area contributed by atoms with Gasteiger partial charge in [-0.1, -0.05) is 36.5 Å². The maximum Gasteiger partial charge on any atom is 0.156 e. The van der Waals surface area contributed by atoms with Crippen LogP contribution in [-0.2, 0) is 0 Å². The summed E-state index contributed by atoms with van der Waals surface area (Å²) >= 11 is 2.98. The fraction of sp³-hybridized carbons (Fsp3) is 0. The van der Waals surface area contributed by atoms with Gasteiger partial charge in [0.15, 0.2) is 5.65 Å². The van der Waals surface area contributed by atoms with E-state index in [1.807, 2.05) is 42.6 Å². The molecular formula is C21H15N5S2. The van der Waals surface area contributed by atoms with Gasteiger partial charge in [0.05, 0.1) is 17.8 Å². The molecule has 7 heteroatoms. The molecular weight excluding hydrogens is 386 g/mol. The minimum atomic E-state index is 0.618. The van der Waals surface area contributed by atoms with E-state index in [1.165, 1.54) is 11.9 Å². The Morgan fingerprint density at radius 1 is 1.18 bits per heavy atom. The maximum atomic E-state index is 9.16. The number of nitrogens with zero attached hydrogens (tertiary/aromatic N) is 3. The molecule has 0 saturated carbocycles. The molecule has 4 aromatic rings. The average Bonchev–Trinajstić information content (AvgIpc) is 3.16. The summed E-state index contributed by atoms with van der Waals surface area (Å²) in [6.45, 7) is 3.69. The Morgan fingerprint density at radius 2 is 2.07 bits per heavy atom. The third-order valence-corrected chi connectivity index (χ3v) is 5.39. The highest BCUT2D eigenvalue weighted by molar-refractivity contribution is 8.03. The van der Waals surface area contributed by atoms with Crippen molar-refractivity contribution in [2.75, 3.05) is 4.72 Å². The normalized spacial score (nSPS) is 10.5. The van der Waals surface area contributed by atoms with Crippen LogP contribution in [0.5, 0.6) is 0 Å². The van der Waals surface area contributed by atoms with Crippen LogP contribution in [0.1, 0.15) is 5.56 Å². The summed E-state index contributed by atoms with van der Waals surface area (Å²) in [5, 5.41) is 11.7. The van der Waals surface area contributed by atoms with Crippen molar-refractivity contribution in [1.82, 2.24) is 15.0 Å². The molecule has 0 spiro atoms. The van der Waals surface area contributed by atoms with Gasteiger partial charge in [-0.25, -0.2) is 9.97 Å². The van der Waals surface area contributed by atoms with E-state index in [9.17, 15) is 0 Å². The molecule has 0 fully saturated rings. The van der Waals surface area contributed by atoms with E-state index in [2.05, 4.69) is 33.4 Å². The van der Waals surface area contributed by atoms with Crippen molar-refractivity contribution in [2.24, 2.45) is 0 Å². The molecule has 2 aromatic heterocycles. The number of nitrogens with one attached hydrogen (secondary N) is 2. The van der Waals surface area contributed by atoms with Gasteiger partial charge in [0.1, 0.15) is 10.5 Å². The van der Waals surface area contributed by atoms with Crippen molar-refractivity contribution < 1.29 is 0 Å². The first-order valence-electron chi connectivity index (χ1n) is 8.42. The molecule has 0 aliphatic heterocycles. The number of rotatable bonds is 6. The zero-order chi connectivity index (χ0) is 19.3. The summed E-state index contributed by atoms with van der Waals surface area (Å²) < 4.78 is 3.21. The zero-order valence-corrected chi connectivity index (χ0v) is 16.3. The van der Waals surface area contributed by atoms with E-state index in [1.54, 1.807) is 29.4 Å². The number of anilines is 1. The Bertz CT molecular complexity index is 1190. The van der Waals surface area contributed by atoms with E-state index in [0.29, 0.717) is 5.56 Å². The van der Waals surface area contributed by atoms with Crippen LogP contribution in [0.4, 0.5) is 5.69 Å². The summed E-state index contributed by atoms with van der Waals surface area (Å²) in [4.78, 5) is 13.5. The van der Waals surface area contributed by atoms with Crippen LogP contribution < -0.4 is 4.72 Å². The van der Waals surface area contributed by atoms with Gasteiger partial charge in [-0.15, -0.1) is 0 Å². The second-order valence-electron chi connectivity index (χ2n) is 5.82. The number of benzene rings is 2. The van der Waals surface area contributed by atoms with Gasteiger partial charge in [0, 0.05) is 22.3 Å². The lowest BCUT2D eigenvalue weighted by Crippen LogP contribution is -1.88. The van der Waals surface area contributed by atoms with Crippen LogP contribution in [0.3, 0.4) is 0 Å². The first-order chi connectivity index (χ1) is 13.8. The second-order valence-corrected chi connectivity index (χ2v) is 7.68. The van der Waals surface area contributed by atoms with Crippen LogP contribution >= 0.6 is 23.7 Å². The first-order valence-corrected chi connectivity index (χ1v) is 10.1. The molecule has 136 valence electrons. The number of fused-ring (bicyclic) bond motifs is 1. The van der Waals surface area contributed by atoms with Crippen LogP contribution in [0.15, 0.2) is 82.8 Å². The third kappa shape index (κ3) is 3.88. The standard InChI is InChI=1S/C21H15N5S2/c1-2-27-26-16-7-4-8-17(10-16)28-19-13-24-21-20(25-19)18(12-23-21)15-6-3-5-14(9-15)11-22/h2-10,12-13,26H,1H2,(H,23,24). The fourth-order valence-corrected chi connectivity index (χ4v) is 3.92. The monoisotopic (exact) mass is 401 g/mol. The van der Waals surface area contributed by atoms with Crippen molar-refractivity contribution in [1.29, 1.82) is 5.26 Å². The first kappa shape index (κ1) is 18.2. The summed E-state index contributed by atoms with van der Waals surface area (Å²) in [5.74, 6) is 0. The van der Waals surface area contributed by atoms with Crippen molar-refractivity contribution >= 4 is 40.6 Å². The van der Waals surface area contributed by atoms with E-state index in [-0.39, 0.29) is 0 Å². The third-order valence-electron chi connectivity index (χ3n) is 3.98. The predicted molar refractivity (Wildman–Crippen MR) is 116 cm³/mol. The van der Waals surface area contributed by atoms with Gasteiger partial charge >= 0.3 is 0 Å².